The number of carboxylic acids is 1. The van der Waals surface area contributed by atoms with Crippen molar-refractivity contribution in [1.82, 2.24) is 0 Å². The predicted octanol–water partition coefficient (Wildman–Crippen LogP) is 2.60. The third-order valence-electron chi connectivity index (χ3n) is 2.39. The fourth-order valence-corrected chi connectivity index (χ4v) is 1.52. The lowest BCUT2D eigenvalue weighted by atomic mass is 10.1. The summed E-state index contributed by atoms with van der Waals surface area (Å²) < 4.78 is 5.54. The lowest BCUT2D eigenvalue weighted by Crippen LogP contribution is -2.10. The van der Waals surface area contributed by atoms with Crippen LogP contribution in [-0.4, -0.2) is 16.2 Å². The summed E-state index contributed by atoms with van der Waals surface area (Å²) in [6.07, 6.45) is -1.54. The van der Waals surface area contributed by atoms with Gasteiger partial charge in [0.05, 0.1) is 0 Å². The van der Waals surface area contributed by atoms with Crippen LogP contribution in [0.3, 0.4) is 0 Å². The Bertz CT molecular complexity index is 537. The Morgan fingerprint density at radius 3 is 2.33 bits per heavy atom. The van der Waals surface area contributed by atoms with E-state index in [2.05, 4.69) is 0 Å². The van der Waals surface area contributed by atoms with E-state index in [1.165, 1.54) is 12.1 Å². The second-order valence-corrected chi connectivity index (χ2v) is 3.73. The van der Waals surface area contributed by atoms with E-state index in [0.717, 1.165) is 0 Å². The molecule has 0 bridgehead atoms. The molecule has 0 saturated heterocycles. The van der Waals surface area contributed by atoms with E-state index in [1.807, 2.05) is 18.2 Å². The van der Waals surface area contributed by atoms with Crippen LogP contribution < -0.4 is 4.74 Å². The van der Waals surface area contributed by atoms with Crippen molar-refractivity contribution in [2.45, 2.75) is 6.10 Å². The molecule has 0 aromatic heterocycles. The number of aliphatic hydroxyl groups excluding tert-OH is 1. The van der Waals surface area contributed by atoms with Crippen LogP contribution >= 0.6 is 0 Å². The highest BCUT2D eigenvalue weighted by Crippen LogP contribution is 2.24. The number of hydrogen-bond acceptors (Lipinski definition) is 3. The van der Waals surface area contributed by atoms with Crippen molar-refractivity contribution in [3.05, 3.63) is 60.2 Å². The molecule has 0 unspecified atom stereocenters. The molecule has 0 aliphatic carbocycles. The highest BCUT2D eigenvalue weighted by molar-refractivity contribution is 5.74. The second-order valence-electron chi connectivity index (χ2n) is 3.73. The van der Waals surface area contributed by atoms with Gasteiger partial charge < -0.3 is 14.9 Å². The summed E-state index contributed by atoms with van der Waals surface area (Å²) in [6.45, 7) is 0. The molecule has 4 nitrogen and oxygen atoms in total. The number of hydrogen-bond donors (Lipinski definition) is 2. The van der Waals surface area contributed by atoms with E-state index in [0.29, 0.717) is 11.5 Å². The topological polar surface area (TPSA) is 66.8 Å². The van der Waals surface area contributed by atoms with Crippen LogP contribution in [0.5, 0.6) is 11.5 Å². The molecule has 0 radical (unpaired) electrons. The van der Waals surface area contributed by atoms with Gasteiger partial charge >= 0.3 is 5.97 Å². The number of aliphatic carboxylic acids is 1. The van der Waals surface area contributed by atoms with Crippen molar-refractivity contribution >= 4 is 5.97 Å². The van der Waals surface area contributed by atoms with E-state index in [9.17, 15) is 9.90 Å². The predicted molar refractivity (Wildman–Crippen MR) is 65.6 cm³/mol. The third-order valence-corrected chi connectivity index (χ3v) is 2.39. The zero-order valence-electron chi connectivity index (χ0n) is 9.48. The number of carbonyl (C=O) groups is 1. The number of ether oxygens (including phenoxy) is 1. The lowest BCUT2D eigenvalue weighted by molar-refractivity contribution is -0.146. The van der Waals surface area contributed by atoms with Gasteiger partial charge in [-0.15, -0.1) is 0 Å². The first-order valence-corrected chi connectivity index (χ1v) is 5.40. The molecule has 18 heavy (non-hydrogen) atoms. The van der Waals surface area contributed by atoms with Crippen molar-refractivity contribution in [3.8, 4) is 11.5 Å². The summed E-state index contributed by atoms with van der Waals surface area (Å²) in [5.74, 6) is -0.148. The average Bonchev–Trinajstić information content (AvgIpc) is 2.39. The molecule has 2 aromatic rings. The minimum absolute atomic E-state index is 0.288. The summed E-state index contributed by atoms with van der Waals surface area (Å²) >= 11 is 0. The average molecular weight is 244 g/mol. The van der Waals surface area contributed by atoms with Gasteiger partial charge in [-0.05, 0) is 29.8 Å². The molecule has 1 atom stereocenters. The van der Waals surface area contributed by atoms with Crippen LogP contribution in [0.1, 0.15) is 11.7 Å². The molecule has 0 saturated carbocycles. The van der Waals surface area contributed by atoms with Crippen LogP contribution in [0.25, 0.3) is 0 Å². The largest absolute Gasteiger partial charge is 0.479 e. The Kier molecular flexibility index (Phi) is 3.60. The first kappa shape index (κ1) is 12.1. The maximum Gasteiger partial charge on any atom is 0.337 e. The van der Waals surface area contributed by atoms with Gasteiger partial charge in [0.2, 0.25) is 0 Å². The van der Waals surface area contributed by atoms with Gasteiger partial charge in [-0.25, -0.2) is 4.79 Å². The van der Waals surface area contributed by atoms with Gasteiger partial charge in [-0.2, -0.15) is 0 Å². The van der Waals surface area contributed by atoms with E-state index in [4.69, 9.17) is 9.84 Å². The summed E-state index contributed by atoms with van der Waals surface area (Å²) in [7, 11) is 0. The van der Waals surface area contributed by atoms with Crippen molar-refractivity contribution in [2.75, 3.05) is 0 Å². The fraction of sp³-hybridized carbons (Fsp3) is 0.0714. The van der Waals surface area contributed by atoms with Crippen LogP contribution in [-0.2, 0) is 4.79 Å². The molecule has 0 fully saturated rings. The molecular weight excluding hydrogens is 232 g/mol. The molecule has 0 aliphatic heterocycles. The molecule has 0 aliphatic rings. The van der Waals surface area contributed by atoms with E-state index in [1.54, 1.807) is 24.3 Å². The molecule has 0 spiro atoms. The van der Waals surface area contributed by atoms with Gasteiger partial charge in [-0.3, -0.25) is 0 Å². The van der Waals surface area contributed by atoms with E-state index in [-0.39, 0.29) is 5.56 Å². The molecule has 2 aromatic carbocycles. The maximum atomic E-state index is 10.7. The van der Waals surface area contributed by atoms with Crippen LogP contribution in [0, 0.1) is 0 Å². The molecule has 0 heterocycles. The zero-order valence-corrected chi connectivity index (χ0v) is 9.48. The Morgan fingerprint density at radius 1 is 1.00 bits per heavy atom. The second kappa shape index (κ2) is 5.33. The lowest BCUT2D eigenvalue weighted by Gasteiger charge is -2.09. The van der Waals surface area contributed by atoms with Crippen molar-refractivity contribution in [3.63, 3.8) is 0 Å². The maximum absolute atomic E-state index is 10.7. The standard InChI is InChI=1S/C14H12O4/c15-13(14(16)17)10-5-4-8-12(9-10)18-11-6-2-1-3-7-11/h1-9,13,15H,(H,16,17)/t13-/m1/s1. The number of rotatable bonds is 4. The Hall–Kier alpha value is -2.33. The zero-order chi connectivity index (χ0) is 13.0. The third kappa shape index (κ3) is 2.87. The first-order valence-electron chi connectivity index (χ1n) is 5.40. The Balaban J connectivity index is 2.20. The summed E-state index contributed by atoms with van der Waals surface area (Å²) in [5.41, 5.74) is 0.288. The van der Waals surface area contributed by atoms with Gasteiger partial charge in [0.1, 0.15) is 11.5 Å². The van der Waals surface area contributed by atoms with E-state index >= 15 is 0 Å². The van der Waals surface area contributed by atoms with Gasteiger partial charge in [0, 0.05) is 0 Å². The van der Waals surface area contributed by atoms with Crippen molar-refractivity contribution < 1.29 is 19.7 Å². The first-order chi connectivity index (χ1) is 8.66. The number of benzene rings is 2. The van der Waals surface area contributed by atoms with Crippen molar-refractivity contribution in [1.29, 1.82) is 0 Å². The number of para-hydroxylation sites is 1. The Labute approximate surface area is 104 Å². The quantitative estimate of drug-likeness (QED) is 0.867. The fourth-order valence-electron chi connectivity index (χ4n) is 1.52. The smallest absolute Gasteiger partial charge is 0.337 e. The minimum atomic E-state index is -1.54. The normalized spacial score (nSPS) is 11.8. The highest BCUT2D eigenvalue weighted by Gasteiger charge is 2.16. The SMILES string of the molecule is O=C(O)[C@H](O)c1cccc(Oc2ccccc2)c1. The number of carboxylic acid groups (broad SMARTS) is 1. The molecular formula is C14H12O4. The minimum Gasteiger partial charge on any atom is -0.479 e. The van der Waals surface area contributed by atoms with Gasteiger partial charge in [0.15, 0.2) is 6.10 Å². The van der Waals surface area contributed by atoms with Crippen molar-refractivity contribution in [2.24, 2.45) is 0 Å². The molecule has 0 amide bonds. The van der Waals surface area contributed by atoms with Crippen LogP contribution in [0.4, 0.5) is 0 Å². The van der Waals surface area contributed by atoms with E-state index < -0.39 is 12.1 Å². The van der Waals surface area contributed by atoms with Gasteiger partial charge in [0.25, 0.3) is 0 Å². The highest BCUT2D eigenvalue weighted by atomic mass is 16.5. The molecule has 92 valence electrons. The molecule has 2 N–H and O–H groups in total. The van der Waals surface area contributed by atoms with Crippen LogP contribution in [0.15, 0.2) is 54.6 Å². The van der Waals surface area contributed by atoms with Gasteiger partial charge in [-0.1, -0.05) is 30.3 Å². The molecule has 2 rings (SSSR count). The summed E-state index contributed by atoms with van der Waals surface area (Å²) in [5, 5.41) is 18.2. The van der Waals surface area contributed by atoms with Crippen LogP contribution in [0.2, 0.25) is 0 Å². The summed E-state index contributed by atoms with van der Waals surface area (Å²) in [6, 6.07) is 15.5. The summed E-state index contributed by atoms with van der Waals surface area (Å²) in [4.78, 5) is 10.7. The number of aliphatic hydroxyl groups is 1. The monoisotopic (exact) mass is 244 g/mol. The molecule has 4 heteroatoms. The Morgan fingerprint density at radius 2 is 1.67 bits per heavy atom.